The van der Waals surface area contributed by atoms with E-state index >= 15 is 0 Å². The van der Waals surface area contributed by atoms with Gasteiger partial charge in [-0.05, 0) is 18.6 Å². The number of rotatable bonds is 3. The van der Waals surface area contributed by atoms with E-state index in [4.69, 9.17) is 28.9 Å². The highest BCUT2D eigenvalue weighted by atomic mass is 35.5. The summed E-state index contributed by atoms with van der Waals surface area (Å²) in [5, 5.41) is 1.00. The summed E-state index contributed by atoms with van der Waals surface area (Å²) in [5.74, 6) is 0.789. The summed E-state index contributed by atoms with van der Waals surface area (Å²) in [6, 6.07) is 5.08. The molecule has 3 nitrogen and oxygen atoms in total. The zero-order valence-electron chi connectivity index (χ0n) is 9.40. The van der Waals surface area contributed by atoms with E-state index in [1.54, 1.807) is 12.3 Å². The Bertz CT molecular complexity index is 522. The highest BCUT2D eigenvalue weighted by Crippen LogP contribution is 2.31. The largest absolute Gasteiger partial charge is 0.334 e. The number of hydrogen-bond acceptors (Lipinski definition) is 2. The van der Waals surface area contributed by atoms with Gasteiger partial charge in [-0.3, -0.25) is 0 Å². The smallest absolute Gasteiger partial charge is 0.130 e. The Kier molecular flexibility index (Phi) is 3.72. The van der Waals surface area contributed by atoms with Gasteiger partial charge in [0.15, 0.2) is 0 Å². The minimum absolute atomic E-state index is 0.365. The highest BCUT2D eigenvalue weighted by Gasteiger charge is 2.18. The van der Waals surface area contributed by atoms with Gasteiger partial charge in [-0.25, -0.2) is 4.98 Å². The molecule has 0 aliphatic heterocycles. The second kappa shape index (κ2) is 5.08. The Balaban J connectivity index is 2.44. The van der Waals surface area contributed by atoms with Crippen molar-refractivity contribution < 1.29 is 0 Å². The highest BCUT2D eigenvalue weighted by molar-refractivity contribution is 6.42. The molecule has 17 heavy (non-hydrogen) atoms. The molecular formula is C12H13Cl2N3. The van der Waals surface area contributed by atoms with Crippen molar-refractivity contribution in [2.24, 2.45) is 5.73 Å². The Hall–Kier alpha value is -1.03. The number of halogens is 2. The van der Waals surface area contributed by atoms with E-state index in [0.29, 0.717) is 10.0 Å². The Labute approximate surface area is 110 Å². The molecule has 1 heterocycles. The van der Waals surface area contributed by atoms with Crippen molar-refractivity contribution in [3.05, 3.63) is 52.0 Å². The van der Waals surface area contributed by atoms with E-state index in [1.807, 2.05) is 29.8 Å². The number of aromatic nitrogens is 2. The quantitative estimate of drug-likeness (QED) is 0.930. The third-order valence-electron chi connectivity index (χ3n) is 2.68. The van der Waals surface area contributed by atoms with Crippen molar-refractivity contribution in [3.63, 3.8) is 0 Å². The summed E-state index contributed by atoms with van der Waals surface area (Å²) in [7, 11) is 0. The summed E-state index contributed by atoms with van der Waals surface area (Å²) in [6.45, 7) is 2.86. The molecule has 2 rings (SSSR count). The van der Waals surface area contributed by atoms with Gasteiger partial charge in [-0.15, -0.1) is 0 Å². The second-order valence-corrected chi connectivity index (χ2v) is 4.48. The predicted octanol–water partition coefficient (Wildman–Crippen LogP) is 3.26. The van der Waals surface area contributed by atoms with Crippen LogP contribution in [0.25, 0.3) is 0 Å². The van der Waals surface area contributed by atoms with Crippen molar-refractivity contribution in [2.75, 3.05) is 0 Å². The van der Waals surface area contributed by atoms with Crippen LogP contribution in [0.1, 0.15) is 24.4 Å². The minimum atomic E-state index is -0.365. The lowest BCUT2D eigenvalue weighted by Gasteiger charge is -2.15. The maximum absolute atomic E-state index is 6.18. The van der Waals surface area contributed by atoms with Crippen molar-refractivity contribution in [3.8, 4) is 0 Å². The molecule has 1 atom stereocenters. The molecule has 2 aromatic rings. The van der Waals surface area contributed by atoms with Crippen molar-refractivity contribution in [1.82, 2.24) is 9.55 Å². The molecule has 2 N–H and O–H groups in total. The monoisotopic (exact) mass is 269 g/mol. The van der Waals surface area contributed by atoms with Crippen molar-refractivity contribution >= 4 is 23.2 Å². The standard InChI is InChI=1S/C12H13Cl2N3/c1-2-17-7-6-16-12(17)11(15)8-4-3-5-9(13)10(8)14/h3-7,11H,2,15H2,1H3. The van der Waals surface area contributed by atoms with Gasteiger partial charge < -0.3 is 10.3 Å². The van der Waals surface area contributed by atoms with Crippen LogP contribution in [0, 0.1) is 0 Å². The lowest BCUT2D eigenvalue weighted by atomic mass is 10.1. The summed E-state index contributed by atoms with van der Waals surface area (Å²) in [4.78, 5) is 4.27. The molecule has 90 valence electrons. The molecule has 1 aromatic heterocycles. The molecule has 0 aliphatic rings. The maximum Gasteiger partial charge on any atom is 0.130 e. The summed E-state index contributed by atoms with van der Waals surface area (Å²) < 4.78 is 1.99. The van der Waals surface area contributed by atoms with Gasteiger partial charge in [0.1, 0.15) is 5.82 Å². The number of imidazole rings is 1. The van der Waals surface area contributed by atoms with Gasteiger partial charge >= 0.3 is 0 Å². The van der Waals surface area contributed by atoms with Gasteiger partial charge in [0.05, 0.1) is 16.1 Å². The lowest BCUT2D eigenvalue weighted by Crippen LogP contribution is -2.18. The molecule has 0 saturated heterocycles. The summed E-state index contributed by atoms with van der Waals surface area (Å²) >= 11 is 12.1. The Morgan fingerprint density at radius 3 is 2.88 bits per heavy atom. The van der Waals surface area contributed by atoms with Gasteiger partial charge in [0, 0.05) is 18.9 Å². The van der Waals surface area contributed by atoms with Crippen molar-refractivity contribution in [1.29, 1.82) is 0 Å². The molecule has 0 saturated carbocycles. The zero-order chi connectivity index (χ0) is 12.4. The normalized spacial score (nSPS) is 12.7. The molecule has 1 unspecified atom stereocenters. The topological polar surface area (TPSA) is 43.8 Å². The molecule has 5 heteroatoms. The number of benzene rings is 1. The Morgan fingerprint density at radius 1 is 1.41 bits per heavy atom. The van der Waals surface area contributed by atoms with Crippen LogP contribution in [0.3, 0.4) is 0 Å². The average Bonchev–Trinajstić information content (AvgIpc) is 2.80. The first-order valence-corrected chi connectivity index (χ1v) is 6.11. The molecule has 0 aliphatic carbocycles. The van der Waals surface area contributed by atoms with Gasteiger partial charge in [-0.2, -0.15) is 0 Å². The minimum Gasteiger partial charge on any atom is -0.334 e. The summed E-state index contributed by atoms with van der Waals surface area (Å²) in [5.41, 5.74) is 6.97. The average molecular weight is 270 g/mol. The van der Waals surface area contributed by atoms with E-state index in [9.17, 15) is 0 Å². The third-order valence-corrected chi connectivity index (χ3v) is 3.52. The molecule has 0 spiro atoms. The van der Waals surface area contributed by atoms with Crippen LogP contribution in [0.15, 0.2) is 30.6 Å². The number of nitrogens with zero attached hydrogens (tertiary/aromatic N) is 2. The molecule has 1 aromatic carbocycles. The molecule has 0 fully saturated rings. The van der Waals surface area contributed by atoms with Crippen LogP contribution >= 0.6 is 23.2 Å². The van der Waals surface area contributed by atoms with Gasteiger partial charge in [-0.1, -0.05) is 35.3 Å². The van der Waals surface area contributed by atoms with E-state index in [2.05, 4.69) is 4.98 Å². The summed E-state index contributed by atoms with van der Waals surface area (Å²) in [6.07, 6.45) is 3.63. The van der Waals surface area contributed by atoms with E-state index in [0.717, 1.165) is 17.9 Å². The van der Waals surface area contributed by atoms with E-state index < -0.39 is 0 Å². The van der Waals surface area contributed by atoms with Crippen LogP contribution in [0.4, 0.5) is 0 Å². The fraction of sp³-hybridized carbons (Fsp3) is 0.250. The first-order valence-electron chi connectivity index (χ1n) is 5.35. The predicted molar refractivity (Wildman–Crippen MR) is 70.4 cm³/mol. The number of aryl methyl sites for hydroxylation is 1. The molecule has 0 bridgehead atoms. The first kappa shape index (κ1) is 12.4. The molecule has 0 amide bonds. The van der Waals surface area contributed by atoms with Gasteiger partial charge in [0.2, 0.25) is 0 Å². The van der Waals surface area contributed by atoms with Gasteiger partial charge in [0.25, 0.3) is 0 Å². The van der Waals surface area contributed by atoms with Crippen molar-refractivity contribution in [2.45, 2.75) is 19.5 Å². The number of hydrogen-bond donors (Lipinski definition) is 1. The van der Waals surface area contributed by atoms with Crippen LogP contribution in [-0.4, -0.2) is 9.55 Å². The molecule has 0 radical (unpaired) electrons. The van der Waals surface area contributed by atoms with Crippen LogP contribution < -0.4 is 5.73 Å². The fourth-order valence-electron chi connectivity index (χ4n) is 1.77. The zero-order valence-corrected chi connectivity index (χ0v) is 10.9. The SMILES string of the molecule is CCn1ccnc1C(N)c1cccc(Cl)c1Cl. The van der Waals surface area contributed by atoms with Crippen LogP contribution in [-0.2, 0) is 6.54 Å². The second-order valence-electron chi connectivity index (χ2n) is 3.69. The first-order chi connectivity index (χ1) is 8.15. The van der Waals surface area contributed by atoms with Crippen LogP contribution in [0.2, 0.25) is 10.0 Å². The number of nitrogens with two attached hydrogens (primary N) is 1. The maximum atomic E-state index is 6.18. The van der Waals surface area contributed by atoms with Crippen LogP contribution in [0.5, 0.6) is 0 Å². The van der Waals surface area contributed by atoms with E-state index in [1.165, 1.54) is 0 Å². The van der Waals surface area contributed by atoms with E-state index in [-0.39, 0.29) is 6.04 Å². The Morgan fingerprint density at radius 2 is 2.18 bits per heavy atom. The fourth-order valence-corrected chi connectivity index (χ4v) is 2.19. The molecular weight excluding hydrogens is 257 g/mol. The third kappa shape index (κ3) is 2.32. The lowest BCUT2D eigenvalue weighted by molar-refractivity contribution is 0.657.